The number of nitrogens with one attached hydrogen (secondary N) is 1. The molecule has 3 heteroatoms. The van der Waals surface area contributed by atoms with Gasteiger partial charge in [-0.2, -0.15) is 5.10 Å². The van der Waals surface area contributed by atoms with Gasteiger partial charge in [-0.3, -0.25) is 4.68 Å². The second kappa shape index (κ2) is 5.15. The minimum atomic E-state index is 0.419. The minimum absolute atomic E-state index is 0.419. The van der Waals surface area contributed by atoms with Crippen molar-refractivity contribution in [3.63, 3.8) is 0 Å². The van der Waals surface area contributed by atoms with E-state index in [0.29, 0.717) is 12.0 Å². The average molecular weight is 195 g/mol. The summed E-state index contributed by atoms with van der Waals surface area (Å²) in [5.74, 6) is 0.594. The third-order valence-electron chi connectivity index (χ3n) is 2.46. The van der Waals surface area contributed by atoms with Crippen LogP contribution in [0.2, 0.25) is 0 Å². The standard InChI is InChI=1S/C11H21N3/c1-5-7-12-11(9(2)3)10-6-8-13-14(10)4/h6,8-9,11-12H,5,7H2,1-4H3. The van der Waals surface area contributed by atoms with Crippen molar-refractivity contribution in [2.45, 2.75) is 33.2 Å². The first kappa shape index (κ1) is 11.2. The van der Waals surface area contributed by atoms with Gasteiger partial charge in [0.1, 0.15) is 0 Å². The van der Waals surface area contributed by atoms with Gasteiger partial charge in [-0.25, -0.2) is 0 Å². The highest BCUT2D eigenvalue weighted by atomic mass is 15.3. The molecule has 0 aliphatic heterocycles. The van der Waals surface area contributed by atoms with Gasteiger partial charge in [-0.1, -0.05) is 20.8 Å². The Hall–Kier alpha value is -0.830. The summed E-state index contributed by atoms with van der Waals surface area (Å²) in [6.07, 6.45) is 3.03. The van der Waals surface area contributed by atoms with E-state index >= 15 is 0 Å². The van der Waals surface area contributed by atoms with Crippen molar-refractivity contribution in [1.82, 2.24) is 15.1 Å². The monoisotopic (exact) mass is 195 g/mol. The molecular weight excluding hydrogens is 174 g/mol. The Balaban J connectivity index is 2.73. The second-order valence-corrected chi connectivity index (χ2v) is 4.06. The summed E-state index contributed by atoms with van der Waals surface area (Å²) in [7, 11) is 2.00. The Kier molecular flexibility index (Phi) is 4.14. The fourth-order valence-corrected chi connectivity index (χ4v) is 1.67. The zero-order chi connectivity index (χ0) is 10.6. The molecule has 1 heterocycles. The first-order valence-corrected chi connectivity index (χ1v) is 5.38. The molecule has 1 unspecified atom stereocenters. The van der Waals surface area contributed by atoms with Crippen LogP contribution in [0.15, 0.2) is 12.3 Å². The van der Waals surface area contributed by atoms with Crippen LogP contribution < -0.4 is 5.32 Å². The van der Waals surface area contributed by atoms with E-state index in [1.807, 2.05) is 17.9 Å². The molecule has 0 saturated heterocycles. The van der Waals surface area contributed by atoms with E-state index in [4.69, 9.17) is 0 Å². The summed E-state index contributed by atoms with van der Waals surface area (Å²) < 4.78 is 1.95. The maximum Gasteiger partial charge on any atom is 0.0552 e. The van der Waals surface area contributed by atoms with Crippen molar-refractivity contribution in [2.24, 2.45) is 13.0 Å². The molecule has 0 fully saturated rings. The minimum Gasteiger partial charge on any atom is -0.308 e. The summed E-state index contributed by atoms with van der Waals surface area (Å²) in [6.45, 7) is 7.72. The zero-order valence-corrected chi connectivity index (χ0v) is 9.62. The van der Waals surface area contributed by atoms with Crippen LogP contribution in [-0.4, -0.2) is 16.3 Å². The number of aromatic nitrogens is 2. The molecule has 3 nitrogen and oxygen atoms in total. The lowest BCUT2D eigenvalue weighted by molar-refractivity contribution is 0.391. The number of rotatable bonds is 5. The van der Waals surface area contributed by atoms with Gasteiger partial charge in [0, 0.05) is 13.2 Å². The largest absolute Gasteiger partial charge is 0.308 e. The molecule has 1 aromatic rings. The number of aryl methyl sites for hydroxylation is 1. The Bertz CT molecular complexity index is 265. The Morgan fingerprint density at radius 3 is 2.64 bits per heavy atom. The summed E-state index contributed by atoms with van der Waals surface area (Å²) in [6, 6.07) is 2.51. The first-order chi connectivity index (χ1) is 6.66. The molecule has 0 bridgehead atoms. The molecule has 0 radical (unpaired) electrons. The third kappa shape index (κ3) is 2.58. The summed E-state index contributed by atoms with van der Waals surface area (Å²) in [5.41, 5.74) is 1.27. The third-order valence-corrected chi connectivity index (χ3v) is 2.46. The van der Waals surface area contributed by atoms with Crippen LogP contribution >= 0.6 is 0 Å². The van der Waals surface area contributed by atoms with Crippen LogP contribution in [0.25, 0.3) is 0 Å². The number of hydrogen-bond acceptors (Lipinski definition) is 2. The van der Waals surface area contributed by atoms with Crippen LogP contribution in [0.3, 0.4) is 0 Å². The maximum atomic E-state index is 4.20. The first-order valence-electron chi connectivity index (χ1n) is 5.38. The highest BCUT2D eigenvalue weighted by Crippen LogP contribution is 2.20. The molecule has 80 valence electrons. The van der Waals surface area contributed by atoms with E-state index in [1.165, 1.54) is 12.1 Å². The maximum absolute atomic E-state index is 4.20. The van der Waals surface area contributed by atoms with Gasteiger partial charge in [0.25, 0.3) is 0 Å². The topological polar surface area (TPSA) is 29.9 Å². The van der Waals surface area contributed by atoms with E-state index in [2.05, 4.69) is 37.3 Å². The molecule has 1 rings (SSSR count). The van der Waals surface area contributed by atoms with Gasteiger partial charge in [0.2, 0.25) is 0 Å². The van der Waals surface area contributed by atoms with Gasteiger partial charge in [-0.15, -0.1) is 0 Å². The van der Waals surface area contributed by atoms with E-state index < -0.39 is 0 Å². The molecule has 1 aromatic heterocycles. The van der Waals surface area contributed by atoms with Gasteiger partial charge < -0.3 is 5.32 Å². The van der Waals surface area contributed by atoms with Gasteiger partial charge in [0.15, 0.2) is 0 Å². The van der Waals surface area contributed by atoms with Crippen LogP contribution in [0.4, 0.5) is 0 Å². The average Bonchev–Trinajstić information content (AvgIpc) is 2.52. The Labute approximate surface area is 86.5 Å². The lowest BCUT2D eigenvalue weighted by atomic mass is 10.0. The smallest absolute Gasteiger partial charge is 0.0552 e. The van der Waals surface area contributed by atoms with E-state index in [-0.39, 0.29) is 0 Å². The normalized spacial score (nSPS) is 13.5. The van der Waals surface area contributed by atoms with Crippen molar-refractivity contribution in [3.8, 4) is 0 Å². The summed E-state index contributed by atoms with van der Waals surface area (Å²) in [4.78, 5) is 0. The summed E-state index contributed by atoms with van der Waals surface area (Å²) in [5, 5.41) is 7.76. The lowest BCUT2D eigenvalue weighted by Crippen LogP contribution is -2.28. The van der Waals surface area contributed by atoms with Crippen molar-refractivity contribution >= 4 is 0 Å². The molecule has 0 aliphatic rings. The molecule has 0 aliphatic carbocycles. The van der Waals surface area contributed by atoms with Crippen molar-refractivity contribution in [2.75, 3.05) is 6.54 Å². The predicted octanol–water partition coefficient (Wildman–Crippen LogP) is 2.12. The molecule has 1 N–H and O–H groups in total. The van der Waals surface area contributed by atoms with E-state index in [9.17, 15) is 0 Å². The Morgan fingerprint density at radius 2 is 2.21 bits per heavy atom. The highest BCUT2D eigenvalue weighted by molar-refractivity contribution is 5.07. The molecule has 0 spiro atoms. The van der Waals surface area contributed by atoms with Crippen molar-refractivity contribution in [3.05, 3.63) is 18.0 Å². The molecule has 1 atom stereocenters. The van der Waals surface area contributed by atoms with E-state index in [0.717, 1.165) is 6.54 Å². The van der Waals surface area contributed by atoms with Crippen LogP contribution in [-0.2, 0) is 7.05 Å². The van der Waals surface area contributed by atoms with Gasteiger partial charge >= 0.3 is 0 Å². The fourth-order valence-electron chi connectivity index (χ4n) is 1.67. The quantitative estimate of drug-likeness (QED) is 0.780. The zero-order valence-electron chi connectivity index (χ0n) is 9.62. The second-order valence-electron chi connectivity index (χ2n) is 4.06. The highest BCUT2D eigenvalue weighted by Gasteiger charge is 2.17. The molecule has 0 saturated carbocycles. The van der Waals surface area contributed by atoms with Crippen LogP contribution in [0, 0.1) is 5.92 Å². The van der Waals surface area contributed by atoms with Crippen LogP contribution in [0.5, 0.6) is 0 Å². The number of nitrogens with zero attached hydrogens (tertiary/aromatic N) is 2. The molecule has 0 amide bonds. The molecular formula is C11H21N3. The van der Waals surface area contributed by atoms with E-state index in [1.54, 1.807) is 0 Å². The van der Waals surface area contributed by atoms with Crippen molar-refractivity contribution < 1.29 is 0 Å². The lowest BCUT2D eigenvalue weighted by Gasteiger charge is -2.22. The van der Waals surface area contributed by atoms with Gasteiger partial charge in [-0.05, 0) is 24.9 Å². The molecule has 0 aromatic carbocycles. The van der Waals surface area contributed by atoms with Crippen LogP contribution in [0.1, 0.15) is 38.9 Å². The summed E-state index contributed by atoms with van der Waals surface area (Å²) >= 11 is 0. The number of hydrogen-bond donors (Lipinski definition) is 1. The molecule has 14 heavy (non-hydrogen) atoms. The van der Waals surface area contributed by atoms with Gasteiger partial charge in [0.05, 0.1) is 11.7 Å². The predicted molar refractivity (Wildman–Crippen MR) is 59.1 cm³/mol. The fraction of sp³-hybridized carbons (Fsp3) is 0.727. The Morgan fingerprint density at radius 1 is 1.50 bits per heavy atom. The van der Waals surface area contributed by atoms with Crippen molar-refractivity contribution in [1.29, 1.82) is 0 Å². The SMILES string of the molecule is CCCNC(c1ccnn1C)C(C)C.